The lowest BCUT2D eigenvalue weighted by Crippen LogP contribution is -1.96. The minimum Gasteiger partial charge on any atom is -0.0622 e. The van der Waals surface area contributed by atoms with Gasteiger partial charge in [-0.25, -0.2) is 0 Å². The first kappa shape index (κ1) is 12.9. The molecule has 3 aromatic rings. The summed E-state index contributed by atoms with van der Waals surface area (Å²) in [5, 5.41) is 2.71. The van der Waals surface area contributed by atoms with Crippen LogP contribution in [0.1, 0.15) is 35.1 Å². The molecular formula is C20H20. The van der Waals surface area contributed by atoms with E-state index in [0.29, 0.717) is 5.92 Å². The Morgan fingerprint density at radius 2 is 1.50 bits per heavy atom. The van der Waals surface area contributed by atoms with Crippen LogP contribution in [-0.2, 0) is 0 Å². The highest BCUT2D eigenvalue weighted by molar-refractivity contribution is 5.87. The van der Waals surface area contributed by atoms with E-state index in [2.05, 4.69) is 81.4 Å². The molecule has 0 aliphatic rings. The molecule has 0 nitrogen and oxygen atoms in total. The third kappa shape index (κ3) is 2.34. The molecule has 0 saturated heterocycles. The van der Waals surface area contributed by atoms with Crippen LogP contribution in [0.4, 0.5) is 0 Å². The van der Waals surface area contributed by atoms with Crippen molar-refractivity contribution in [1.29, 1.82) is 0 Å². The van der Waals surface area contributed by atoms with Gasteiger partial charge in [-0.05, 0) is 41.3 Å². The molecule has 100 valence electrons. The fourth-order valence-corrected chi connectivity index (χ4v) is 2.95. The van der Waals surface area contributed by atoms with Crippen molar-refractivity contribution in [3.05, 3.63) is 82.9 Å². The summed E-state index contributed by atoms with van der Waals surface area (Å²) >= 11 is 0. The predicted molar refractivity (Wildman–Crippen MR) is 87.4 cm³/mol. The highest BCUT2D eigenvalue weighted by Gasteiger charge is 2.09. The highest BCUT2D eigenvalue weighted by Crippen LogP contribution is 2.28. The van der Waals surface area contributed by atoms with Gasteiger partial charge in [0.2, 0.25) is 0 Å². The quantitative estimate of drug-likeness (QED) is 0.562. The first-order valence-corrected chi connectivity index (χ1v) is 7.21. The van der Waals surface area contributed by atoms with Crippen LogP contribution in [0.25, 0.3) is 10.8 Å². The summed E-state index contributed by atoms with van der Waals surface area (Å²) in [5.74, 6) is 0.432. The number of fused-ring (bicyclic) bond motifs is 1. The van der Waals surface area contributed by atoms with Crippen molar-refractivity contribution in [2.24, 2.45) is 0 Å². The van der Waals surface area contributed by atoms with E-state index in [1.54, 1.807) is 0 Å². The van der Waals surface area contributed by atoms with E-state index in [4.69, 9.17) is 0 Å². The molecule has 0 N–H and O–H groups in total. The summed E-state index contributed by atoms with van der Waals surface area (Å²) in [4.78, 5) is 0. The minimum absolute atomic E-state index is 0.432. The lowest BCUT2D eigenvalue weighted by Gasteiger charge is -2.14. The van der Waals surface area contributed by atoms with Gasteiger partial charge in [0.25, 0.3) is 0 Å². The molecule has 0 fully saturated rings. The molecule has 1 atom stereocenters. The van der Waals surface area contributed by atoms with E-state index in [1.807, 2.05) is 0 Å². The SMILES string of the molecule is Cc1cc(C)c2cc(C(C)c3ccccc3)ccc2c1. The zero-order valence-electron chi connectivity index (χ0n) is 12.4. The number of rotatable bonds is 2. The average Bonchev–Trinajstić information content (AvgIpc) is 2.47. The van der Waals surface area contributed by atoms with Crippen LogP contribution in [0.5, 0.6) is 0 Å². The third-order valence-corrected chi connectivity index (χ3v) is 4.13. The maximum Gasteiger partial charge on any atom is 0.00612 e. The van der Waals surface area contributed by atoms with Gasteiger partial charge in [-0.2, -0.15) is 0 Å². The van der Waals surface area contributed by atoms with E-state index in [9.17, 15) is 0 Å². The van der Waals surface area contributed by atoms with Crippen LogP contribution in [0.3, 0.4) is 0 Å². The highest BCUT2D eigenvalue weighted by atomic mass is 14.1. The number of hydrogen-bond donors (Lipinski definition) is 0. The Labute approximate surface area is 121 Å². The van der Waals surface area contributed by atoms with E-state index in [-0.39, 0.29) is 0 Å². The molecule has 20 heavy (non-hydrogen) atoms. The second kappa shape index (κ2) is 5.13. The van der Waals surface area contributed by atoms with Crippen molar-refractivity contribution in [2.45, 2.75) is 26.7 Å². The van der Waals surface area contributed by atoms with Crippen LogP contribution in [0, 0.1) is 13.8 Å². The normalized spacial score (nSPS) is 12.6. The lowest BCUT2D eigenvalue weighted by molar-refractivity contribution is 0.925. The minimum atomic E-state index is 0.432. The molecule has 0 aliphatic carbocycles. The molecule has 0 aromatic heterocycles. The summed E-state index contributed by atoms with van der Waals surface area (Å²) < 4.78 is 0. The van der Waals surface area contributed by atoms with Crippen LogP contribution >= 0.6 is 0 Å². The molecule has 0 radical (unpaired) electrons. The van der Waals surface area contributed by atoms with Crippen molar-refractivity contribution in [3.8, 4) is 0 Å². The van der Waals surface area contributed by atoms with Crippen LogP contribution in [0.15, 0.2) is 60.7 Å². The Morgan fingerprint density at radius 3 is 2.25 bits per heavy atom. The van der Waals surface area contributed by atoms with Gasteiger partial charge < -0.3 is 0 Å². The van der Waals surface area contributed by atoms with Crippen molar-refractivity contribution < 1.29 is 0 Å². The zero-order valence-corrected chi connectivity index (χ0v) is 12.4. The van der Waals surface area contributed by atoms with Gasteiger partial charge in [-0.3, -0.25) is 0 Å². The van der Waals surface area contributed by atoms with E-state index < -0.39 is 0 Å². The molecule has 0 heteroatoms. The summed E-state index contributed by atoms with van der Waals surface area (Å²) in [6, 6.07) is 22.1. The van der Waals surface area contributed by atoms with Gasteiger partial charge in [0.05, 0.1) is 0 Å². The zero-order chi connectivity index (χ0) is 14.1. The summed E-state index contributed by atoms with van der Waals surface area (Å²) in [6.45, 7) is 6.64. The van der Waals surface area contributed by atoms with Crippen molar-refractivity contribution in [1.82, 2.24) is 0 Å². The monoisotopic (exact) mass is 260 g/mol. The Balaban J connectivity index is 2.09. The van der Waals surface area contributed by atoms with Crippen LogP contribution in [0.2, 0.25) is 0 Å². The number of hydrogen-bond acceptors (Lipinski definition) is 0. The van der Waals surface area contributed by atoms with Gasteiger partial charge in [-0.1, -0.05) is 73.2 Å². The predicted octanol–water partition coefficient (Wildman–Crippen LogP) is 5.61. The fraction of sp³-hybridized carbons (Fsp3) is 0.200. The molecule has 3 rings (SSSR count). The van der Waals surface area contributed by atoms with Crippen molar-refractivity contribution >= 4 is 10.8 Å². The van der Waals surface area contributed by atoms with Gasteiger partial charge in [0.1, 0.15) is 0 Å². The molecule has 0 aliphatic heterocycles. The maximum absolute atomic E-state index is 2.35. The fourth-order valence-electron chi connectivity index (χ4n) is 2.95. The molecule has 0 amide bonds. The van der Waals surface area contributed by atoms with Gasteiger partial charge >= 0.3 is 0 Å². The standard InChI is InChI=1S/C20H20/c1-14-11-15(2)20-13-18(9-10-19(20)12-14)16(3)17-7-5-4-6-8-17/h4-13,16H,1-3H3. The first-order valence-electron chi connectivity index (χ1n) is 7.21. The van der Waals surface area contributed by atoms with Gasteiger partial charge in [-0.15, -0.1) is 0 Å². The van der Waals surface area contributed by atoms with E-state index in [0.717, 1.165) is 0 Å². The largest absolute Gasteiger partial charge is 0.0622 e. The molecule has 0 bridgehead atoms. The molecule has 0 heterocycles. The molecule has 3 aromatic carbocycles. The van der Waals surface area contributed by atoms with Crippen molar-refractivity contribution in [2.75, 3.05) is 0 Å². The topological polar surface area (TPSA) is 0 Å². The van der Waals surface area contributed by atoms with E-state index >= 15 is 0 Å². The second-order valence-corrected chi connectivity index (χ2v) is 5.69. The smallest absolute Gasteiger partial charge is 0.00612 e. The van der Waals surface area contributed by atoms with Crippen molar-refractivity contribution in [3.63, 3.8) is 0 Å². The van der Waals surface area contributed by atoms with Crippen LogP contribution < -0.4 is 0 Å². The number of benzene rings is 3. The Hall–Kier alpha value is -2.08. The third-order valence-electron chi connectivity index (χ3n) is 4.13. The Kier molecular flexibility index (Phi) is 3.31. The van der Waals surface area contributed by atoms with E-state index in [1.165, 1.54) is 33.0 Å². The second-order valence-electron chi connectivity index (χ2n) is 5.69. The summed E-state index contributed by atoms with van der Waals surface area (Å²) in [7, 11) is 0. The molecule has 0 spiro atoms. The number of aryl methyl sites for hydroxylation is 2. The summed E-state index contributed by atoms with van der Waals surface area (Å²) in [6.07, 6.45) is 0. The average molecular weight is 260 g/mol. The molecular weight excluding hydrogens is 240 g/mol. The van der Waals surface area contributed by atoms with Crippen LogP contribution in [-0.4, -0.2) is 0 Å². The Bertz CT molecular complexity index is 739. The molecule has 0 saturated carbocycles. The van der Waals surface area contributed by atoms with Gasteiger partial charge in [0, 0.05) is 5.92 Å². The maximum atomic E-state index is 2.35. The lowest BCUT2D eigenvalue weighted by atomic mass is 9.90. The Morgan fingerprint density at radius 1 is 0.750 bits per heavy atom. The summed E-state index contributed by atoms with van der Waals surface area (Å²) in [5.41, 5.74) is 5.45. The molecule has 1 unspecified atom stereocenters. The first-order chi connectivity index (χ1) is 9.65. The van der Waals surface area contributed by atoms with Gasteiger partial charge in [0.15, 0.2) is 0 Å².